The minimum atomic E-state index is -0.0745. The van der Waals surface area contributed by atoms with Crippen LogP contribution in [0.25, 0.3) is 0 Å². The highest BCUT2D eigenvalue weighted by molar-refractivity contribution is 5.74. The second kappa shape index (κ2) is 7.01. The predicted molar refractivity (Wildman–Crippen MR) is 86.2 cm³/mol. The van der Waals surface area contributed by atoms with Crippen molar-refractivity contribution < 1.29 is 9.53 Å². The van der Waals surface area contributed by atoms with E-state index in [1.54, 1.807) is 0 Å². The first-order chi connectivity index (χ1) is 10.7. The lowest BCUT2D eigenvalue weighted by molar-refractivity contribution is 0.192. The molecule has 0 bridgehead atoms. The third kappa shape index (κ3) is 3.71. The molecule has 0 aliphatic carbocycles. The maximum atomic E-state index is 12.0. The van der Waals surface area contributed by atoms with Gasteiger partial charge in [-0.2, -0.15) is 0 Å². The Morgan fingerprint density at radius 3 is 2.82 bits per heavy atom. The van der Waals surface area contributed by atoms with Crippen LogP contribution in [0.4, 0.5) is 4.79 Å². The number of nitrogens with one attached hydrogen (secondary N) is 2. The lowest BCUT2D eigenvalue weighted by atomic mass is 10.1. The van der Waals surface area contributed by atoms with Gasteiger partial charge in [0.15, 0.2) is 0 Å². The molecular formula is C17H25N3O2. The Balaban J connectivity index is 1.37. The molecule has 1 aromatic carbocycles. The maximum Gasteiger partial charge on any atom is 0.315 e. The van der Waals surface area contributed by atoms with Gasteiger partial charge in [0, 0.05) is 25.6 Å². The third-order valence-corrected chi connectivity index (χ3v) is 4.57. The monoisotopic (exact) mass is 303 g/mol. The van der Waals surface area contributed by atoms with Crippen molar-refractivity contribution in [1.29, 1.82) is 0 Å². The molecule has 22 heavy (non-hydrogen) atoms. The molecule has 2 heterocycles. The number of ether oxygens (including phenoxy) is 1. The molecule has 2 amide bonds. The number of likely N-dealkylation sites (tertiary alicyclic amines) is 1. The lowest BCUT2D eigenvalue weighted by Crippen LogP contribution is -2.49. The molecule has 120 valence electrons. The minimum Gasteiger partial charge on any atom is -0.488 e. The molecule has 2 N–H and O–H groups in total. The van der Waals surface area contributed by atoms with Crippen LogP contribution in [0.5, 0.6) is 5.75 Å². The fourth-order valence-corrected chi connectivity index (χ4v) is 3.20. The van der Waals surface area contributed by atoms with Crippen molar-refractivity contribution in [3.8, 4) is 5.75 Å². The molecule has 2 aliphatic heterocycles. The van der Waals surface area contributed by atoms with Crippen LogP contribution in [-0.2, 0) is 6.42 Å². The van der Waals surface area contributed by atoms with Crippen molar-refractivity contribution in [1.82, 2.24) is 15.5 Å². The molecule has 0 radical (unpaired) electrons. The fraction of sp³-hybridized carbons (Fsp3) is 0.588. The number of urea groups is 1. The first-order valence-electron chi connectivity index (χ1n) is 8.26. The van der Waals surface area contributed by atoms with Gasteiger partial charge >= 0.3 is 6.03 Å². The molecule has 5 heteroatoms. The van der Waals surface area contributed by atoms with Crippen molar-refractivity contribution in [2.45, 2.75) is 38.3 Å². The highest BCUT2D eigenvalue weighted by Gasteiger charge is 2.24. The number of carbonyl (C=O) groups excluding carboxylic acids is 1. The van der Waals surface area contributed by atoms with Crippen LogP contribution >= 0.6 is 0 Å². The molecule has 1 saturated heterocycles. The van der Waals surface area contributed by atoms with E-state index in [9.17, 15) is 4.79 Å². The molecular weight excluding hydrogens is 278 g/mol. The number of benzene rings is 1. The summed E-state index contributed by atoms with van der Waals surface area (Å²) in [6, 6.07) is 8.28. The van der Waals surface area contributed by atoms with E-state index in [2.05, 4.69) is 28.5 Å². The number of fused-ring (bicyclic) bond motifs is 1. The maximum absolute atomic E-state index is 12.0. The molecule has 0 unspecified atom stereocenters. The Morgan fingerprint density at radius 1 is 1.32 bits per heavy atom. The largest absolute Gasteiger partial charge is 0.488 e. The van der Waals surface area contributed by atoms with Crippen LogP contribution in [0, 0.1) is 0 Å². The van der Waals surface area contributed by atoms with E-state index < -0.39 is 0 Å². The number of piperidine rings is 1. The smallest absolute Gasteiger partial charge is 0.315 e. The highest BCUT2D eigenvalue weighted by atomic mass is 16.5. The average Bonchev–Trinajstić information content (AvgIpc) is 2.96. The number of amides is 2. The van der Waals surface area contributed by atoms with E-state index in [0.717, 1.165) is 44.6 Å². The van der Waals surface area contributed by atoms with E-state index in [1.807, 2.05) is 18.2 Å². The zero-order chi connectivity index (χ0) is 15.4. The highest BCUT2D eigenvalue weighted by Crippen LogP contribution is 2.27. The average molecular weight is 303 g/mol. The van der Waals surface area contributed by atoms with Crippen LogP contribution in [-0.4, -0.2) is 49.3 Å². The topological polar surface area (TPSA) is 53.6 Å². The Labute approximate surface area is 132 Å². The van der Waals surface area contributed by atoms with E-state index in [4.69, 9.17) is 4.74 Å². The molecule has 0 aromatic heterocycles. The molecule has 0 saturated carbocycles. The van der Waals surface area contributed by atoms with Gasteiger partial charge < -0.3 is 20.3 Å². The summed E-state index contributed by atoms with van der Waals surface area (Å²) >= 11 is 0. The van der Waals surface area contributed by atoms with Crippen molar-refractivity contribution in [3.05, 3.63) is 29.8 Å². The summed E-state index contributed by atoms with van der Waals surface area (Å²) in [5, 5.41) is 6.02. The van der Waals surface area contributed by atoms with Crippen LogP contribution < -0.4 is 15.4 Å². The van der Waals surface area contributed by atoms with Gasteiger partial charge in [0.2, 0.25) is 0 Å². The number of nitrogens with zero attached hydrogens (tertiary/aromatic N) is 1. The van der Waals surface area contributed by atoms with Crippen molar-refractivity contribution in [3.63, 3.8) is 0 Å². The predicted octanol–water partition coefficient (Wildman–Crippen LogP) is 1.77. The van der Waals surface area contributed by atoms with Crippen LogP contribution in [0.2, 0.25) is 0 Å². The number of hydrogen-bond donors (Lipinski definition) is 2. The van der Waals surface area contributed by atoms with Gasteiger partial charge in [-0.15, -0.1) is 0 Å². The first-order valence-corrected chi connectivity index (χ1v) is 8.26. The van der Waals surface area contributed by atoms with Crippen molar-refractivity contribution >= 4 is 6.03 Å². The minimum absolute atomic E-state index is 0.0464. The van der Waals surface area contributed by atoms with E-state index in [1.165, 1.54) is 5.56 Å². The van der Waals surface area contributed by atoms with Gasteiger partial charge in [-0.1, -0.05) is 25.1 Å². The summed E-state index contributed by atoms with van der Waals surface area (Å²) < 4.78 is 5.83. The fourth-order valence-electron chi connectivity index (χ4n) is 3.20. The molecule has 0 spiro atoms. The zero-order valence-corrected chi connectivity index (χ0v) is 13.2. The summed E-state index contributed by atoms with van der Waals surface area (Å²) in [5.74, 6) is 0.946. The molecule has 1 aromatic rings. The summed E-state index contributed by atoms with van der Waals surface area (Å²) in [7, 11) is 0. The molecule has 1 atom stereocenters. The SMILES string of the molecule is CCN1CCC(NC(=O)NC[C@H]2Cc3ccccc3O2)CC1. The number of rotatable bonds is 4. The zero-order valence-electron chi connectivity index (χ0n) is 13.2. The van der Waals surface area contributed by atoms with Gasteiger partial charge in [-0.25, -0.2) is 4.79 Å². The molecule has 5 nitrogen and oxygen atoms in total. The third-order valence-electron chi connectivity index (χ3n) is 4.57. The lowest BCUT2D eigenvalue weighted by Gasteiger charge is -2.31. The first kappa shape index (κ1) is 15.2. The van der Waals surface area contributed by atoms with E-state index in [-0.39, 0.29) is 12.1 Å². The molecule has 3 rings (SSSR count). The van der Waals surface area contributed by atoms with E-state index >= 15 is 0 Å². The van der Waals surface area contributed by atoms with Crippen molar-refractivity contribution in [2.24, 2.45) is 0 Å². The second-order valence-corrected chi connectivity index (χ2v) is 6.11. The Kier molecular flexibility index (Phi) is 4.83. The van der Waals surface area contributed by atoms with E-state index in [0.29, 0.717) is 12.6 Å². The quantitative estimate of drug-likeness (QED) is 0.891. The molecule has 2 aliphatic rings. The van der Waals surface area contributed by atoms with Gasteiger partial charge in [-0.3, -0.25) is 0 Å². The van der Waals surface area contributed by atoms with Gasteiger partial charge in [0.1, 0.15) is 11.9 Å². The number of hydrogen-bond acceptors (Lipinski definition) is 3. The Morgan fingerprint density at radius 2 is 2.09 bits per heavy atom. The number of para-hydroxylation sites is 1. The summed E-state index contributed by atoms with van der Waals surface area (Å²) in [4.78, 5) is 14.4. The molecule has 1 fully saturated rings. The van der Waals surface area contributed by atoms with Gasteiger partial charge in [-0.05, 0) is 31.0 Å². The van der Waals surface area contributed by atoms with Crippen LogP contribution in [0.3, 0.4) is 0 Å². The summed E-state index contributed by atoms with van der Waals surface area (Å²) in [6.45, 7) is 5.97. The normalized spacial score (nSPS) is 22.0. The van der Waals surface area contributed by atoms with Gasteiger partial charge in [0.05, 0.1) is 6.54 Å². The van der Waals surface area contributed by atoms with Crippen molar-refractivity contribution in [2.75, 3.05) is 26.2 Å². The van der Waals surface area contributed by atoms with Gasteiger partial charge in [0.25, 0.3) is 0 Å². The van der Waals surface area contributed by atoms with Crippen LogP contribution in [0.15, 0.2) is 24.3 Å². The Bertz CT molecular complexity index is 487. The summed E-state index contributed by atoms with van der Waals surface area (Å²) in [5.41, 5.74) is 1.22. The Hall–Kier alpha value is -1.75. The summed E-state index contributed by atoms with van der Waals surface area (Å²) in [6.07, 6.45) is 2.98. The van der Waals surface area contributed by atoms with Crippen LogP contribution in [0.1, 0.15) is 25.3 Å². The standard InChI is InChI=1S/C17H25N3O2/c1-2-20-9-7-14(8-10-20)19-17(21)18-12-15-11-13-5-3-4-6-16(13)22-15/h3-6,14-15H,2,7-12H2,1H3,(H2,18,19,21)/t15-/m1/s1. The number of carbonyl (C=O) groups is 1. The second-order valence-electron chi connectivity index (χ2n) is 6.11.